The maximum atomic E-state index is 11.7. The predicted molar refractivity (Wildman–Crippen MR) is 78.5 cm³/mol. The minimum atomic E-state index is -3.69. The number of aromatic nitrogens is 2. The summed E-state index contributed by atoms with van der Waals surface area (Å²) in [5.74, 6) is 0.0775. The van der Waals surface area contributed by atoms with Gasteiger partial charge in [0.15, 0.2) is 11.0 Å². The lowest BCUT2D eigenvalue weighted by atomic mass is 10.1. The Balaban J connectivity index is 2.57. The van der Waals surface area contributed by atoms with Gasteiger partial charge in [0.2, 0.25) is 15.0 Å². The third-order valence-electron chi connectivity index (χ3n) is 3.02. The van der Waals surface area contributed by atoms with Crippen LogP contribution in [0.15, 0.2) is 5.16 Å². The quantitative estimate of drug-likeness (QED) is 0.587. The number of hydrogen-bond donors (Lipinski definition) is 1. The molecular weight excluding hydrogens is 332 g/mol. The maximum absolute atomic E-state index is 11.7. The molecule has 0 radical (unpaired) electrons. The lowest BCUT2D eigenvalue weighted by Crippen LogP contribution is -2.42. The van der Waals surface area contributed by atoms with Gasteiger partial charge in [-0.25, -0.2) is 13.4 Å². The van der Waals surface area contributed by atoms with E-state index in [-0.39, 0.29) is 29.7 Å². The van der Waals surface area contributed by atoms with Crippen molar-refractivity contribution in [1.82, 2.24) is 9.97 Å². The molecule has 1 N–H and O–H groups in total. The topological polar surface area (TPSA) is 116 Å². The van der Waals surface area contributed by atoms with Crippen molar-refractivity contribution in [3.05, 3.63) is 10.7 Å². The minimum Gasteiger partial charge on any atom is -0.386 e. The van der Waals surface area contributed by atoms with Gasteiger partial charge in [0, 0.05) is 12.8 Å². The number of aliphatic hydroxyl groups is 1. The van der Waals surface area contributed by atoms with Crippen LogP contribution in [0.4, 0.5) is 5.82 Å². The Morgan fingerprint density at radius 3 is 2.77 bits per heavy atom. The summed E-state index contributed by atoms with van der Waals surface area (Å²) in [6, 6.07) is 1.87. The van der Waals surface area contributed by atoms with Crippen LogP contribution in [0.25, 0.3) is 0 Å². The zero-order valence-corrected chi connectivity index (χ0v) is 13.6. The molecule has 120 valence electrons. The van der Waals surface area contributed by atoms with Gasteiger partial charge in [-0.15, -0.1) is 0 Å². The Hall–Kier alpha value is -1.47. The number of hydrogen-bond acceptors (Lipinski definition) is 8. The van der Waals surface area contributed by atoms with Crippen molar-refractivity contribution in [2.45, 2.75) is 17.7 Å². The summed E-state index contributed by atoms with van der Waals surface area (Å²) in [6.45, 7) is 2.47. The fourth-order valence-electron chi connectivity index (χ4n) is 2.08. The largest absolute Gasteiger partial charge is 0.386 e. The zero-order valence-electron chi connectivity index (χ0n) is 12.1. The summed E-state index contributed by atoms with van der Waals surface area (Å²) in [5.41, 5.74) is -1.20. The molecule has 0 saturated carbocycles. The number of β-amino-alcohol motifs (C(OH)–C–C–N with tert-alkyl or cyclic N) is 1. The van der Waals surface area contributed by atoms with Gasteiger partial charge < -0.3 is 14.7 Å². The van der Waals surface area contributed by atoms with Gasteiger partial charge in [0.25, 0.3) is 0 Å². The molecule has 1 saturated heterocycles. The highest BCUT2D eigenvalue weighted by molar-refractivity contribution is 7.90. The Morgan fingerprint density at radius 1 is 1.50 bits per heavy atom. The van der Waals surface area contributed by atoms with Crippen molar-refractivity contribution >= 4 is 27.3 Å². The summed E-state index contributed by atoms with van der Waals surface area (Å²) in [6.07, 6.45) is 0.955. The standard InChI is InChI=1S/C12H15ClN4O4S/c1-12(18)6-17(3-4-21-7-12)10-8(5-14)9(13)15-11(16-10)22(2,19)20/h18H,3-4,6-7H2,1-2H3/t12-/m1/s1. The number of sulfone groups is 1. The molecule has 1 aromatic rings. The first-order chi connectivity index (χ1) is 10.1. The fourth-order valence-corrected chi connectivity index (χ4v) is 2.84. The highest BCUT2D eigenvalue weighted by atomic mass is 35.5. The number of nitriles is 1. The molecule has 1 atom stereocenters. The Kier molecular flexibility index (Phi) is 4.58. The normalized spacial score (nSPS) is 23.0. The van der Waals surface area contributed by atoms with Crippen LogP contribution in [-0.2, 0) is 14.6 Å². The van der Waals surface area contributed by atoms with Crippen LogP contribution in [0.2, 0.25) is 5.15 Å². The number of rotatable bonds is 2. The van der Waals surface area contributed by atoms with Crippen LogP contribution in [0.5, 0.6) is 0 Å². The van der Waals surface area contributed by atoms with E-state index in [4.69, 9.17) is 16.3 Å². The summed E-state index contributed by atoms with van der Waals surface area (Å²) < 4.78 is 28.6. The molecule has 0 aliphatic carbocycles. The van der Waals surface area contributed by atoms with Crippen LogP contribution < -0.4 is 4.90 Å². The molecule has 1 fully saturated rings. The highest BCUT2D eigenvalue weighted by Gasteiger charge is 2.31. The third kappa shape index (κ3) is 3.64. The van der Waals surface area contributed by atoms with E-state index < -0.39 is 20.6 Å². The van der Waals surface area contributed by atoms with Crippen molar-refractivity contribution in [2.75, 3.05) is 37.5 Å². The van der Waals surface area contributed by atoms with E-state index in [2.05, 4.69) is 9.97 Å². The molecule has 0 aromatic carbocycles. The Morgan fingerprint density at radius 2 is 2.18 bits per heavy atom. The molecule has 1 aliphatic rings. The van der Waals surface area contributed by atoms with Gasteiger partial charge in [-0.2, -0.15) is 10.2 Å². The molecule has 22 heavy (non-hydrogen) atoms. The van der Waals surface area contributed by atoms with Crippen LogP contribution in [0, 0.1) is 11.3 Å². The lowest BCUT2D eigenvalue weighted by Gasteiger charge is -2.28. The van der Waals surface area contributed by atoms with Gasteiger partial charge in [0.05, 0.1) is 19.8 Å². The van der Waals surface area contributed by atoms with Gasteiger partial charge in [0.1, 0.15) is 17.2 Å². The molecule has 1 aromatic heterocycles. The molecule has 2 heterocycles. The summed E-state index contributed by atoms with van der Waals surface area (Å²) >= 11 is 5.91. The second kappa shape index (κ2) is 5.96. The van der Waals surface area contributed by atoms with Crippen molar-refractivity contribution in [3.8, 4) is 6.07 Å². The molecule has 0 bridgehead atoms. The number of ether oxygens (including phenoxy) is 1. The summed E-state index contributed by atoms with van der Waals surface area (Å²) in [4.78, 5) is 9.19. The van der Waals surface area contributed by atoms with Crippen LogP contribution in [0.3, 0.4) is 0 Å². The van der Waals surface area contributed by atoms with E-state index in [1.807, 2.05) is 6.07 Å². The van der Waals surface area contributed by atoms with E-state index in [0.29, 0.717) is 13.2 Å². The number of nitrogens with zero attached hydrogens (tertiary/aromatic N) is 4. The molecule has 0 amide bonds. The molecule has 1 aliphatic heterocycles. The number of anilines is 1. The molecule has 8 nitrogen and oxygen atoms in total. The van der Waals surface area contributed by atoms with Crippen molar-refractivity contribution in [2.24, 2.45) is 0 Å². The molecule has 0 unspecified atom stereocenters. The van der Waals surface area contributed by atoms with Crippen LogP contribution in [-0.4, -0.2) is 61.7 Å². The third-order valence-corrected chi connectivity index (χ3v) is 4.14. The van der Waals surface area contributed by atoms with Gasteiger partial charge in [-0.05, 0) is 6.92 Å². The molecule has 2 rings (SSSR count). The summed E-state index contributed by atoms with van der Waals surface area (Å²) in [7, 11) is -3.69. The fraction of sp³-hybridized carbons (Fsp3) is 0.583. The average molecular weight is 347 g/mol. The van der Waals surface area contributed by atoms with Gasteiger partial charge in [-0.3, -0.25) is 0 Å². The van der Waals surface area contributed by atoms with Crippen LogP contribution >= 0.6 is 11.6 Å². The van der Waals surface area contributed by atoms with Crippen molar-refractivity contribution in [1.29, 1.82) is 5.26 Å². The minimum absolute atomic E-state index is 0.0354. The highest BCUT2D eigenvalue weighted by Crippen LogP contribution is 2.27. The Bertz CT molecular complexity index is 729. The van der Waals surface area contributed by atoms with Gasteiger partial charge >= 0.3 is 0 Å². The molecule has 0 spiro atoms. The lowest BCUT2D eigenvalue weighted by molar-refractivity contribution is -0.0123. The number of halogens is 1. The van der Waals surface area contributed by atoms with Gasteiger partial charge in [-0.1, -0.05) is 11.6 Å². The first-order valence-corrected chi connectivity index (χ1v) is 8.64. The molecule has 10 heteroatoms. The second-order valence-corrected chi connectivity index (χ2v) is 7.62. The monoisotopic (exact) mass is 346 g/mol. The van der Waals surface area contributed by atoms with Crippen molar-refractivity contribution < 1.29 is 18.3 Å². The van der Waals surface area contributed by atoms with Crippen LogP contribution in [0.1, 0.15) is 12.5 Å². The summed E-state index contributed by atoms with van der Waals surface area (Å²) in [5, 5.41) is 18.7. The molecular formula is C12H15ClN4O4S. The SMILES string of the molecule is C[C@]1(O)COCCN(c2nc(S(C)(=O)=O)nc(Cl)c2C#N)C1. The second-order valence-electron chi connectivity index (χ2n) is 5.35. The van der Waals surface area contributed by atoms with Crippen molar-refractivity contribution in [3.63, 3.8) is 0 Å². The smallest absolute Gasteiger partial charge is 0.250 e. The Labute approximate surface area is 133 Å². The first kappa shape index (κ1) is 16.9. The van der Waals surface area contributed by atoms with E-state index >= 15 is 0 Å². The zero-order chi connectivity index (χ0) is 16.5. The van der Waals surface area contributed by atoms with E-state index in [1.165, 1.54) is 0 Å². The average Bonchev–Trinajstić information content (AvgIpc) is 2.57. The first-order valence-electron chi connectivity index (χ1n) is 6.37. The maximum Gasteiger partial charge on any atom is 0.250 e. The predicted octanol–water partition coefficient (Wildman–Crippen LogP) is -0.00722. The van der Waals surface area contributed by atoms with E-state index in [9.17, 15) is 18.8 Å². The van der Waals surface area contributed by atoms with E-state index in [0.717, 1.165) is 6.26 Å². The van der Waals surface area contributed by atoms with E-state index in [1.54, 1.807) is 11.8 Å².